The number of methoxy groups -OCH3 is 1. The van der Waals surface area contributed by atoms with Crippen molar-refractivity contribution >= 4 is 29.3 Å². The lowest BCUT2D eigenvalue weighted by molar-refractivity contribution is -0.150. The van der Waals surface area contributed by atoms with E-state index in [1.54, 1.807) is 6.08 Å². The molecule has 1 aromatic rings. The first-order valence-electron chi connectivity index (χ1n) is 5.17. The van der Waals surface area contributed by atoms with E-state index in [4.69, 9.17) is 0 Å². The molecule has 0 aliphatic heterocycles. The number of hydrogen-bond donors (Lipinski definition) is 2. The van der Waals surface area contributed by atoms with Crippen molar-refractivity contribution in [2.75, 3.05) is 13.7 Å². The van der Waals surface area contributed by atoms with Crippen molar-refractivity contribution in [3.63, 3.8) is 0 Å². The van der Waals surface area contributed by atoms with Crippen LogP contribution in [-0.2, 0) is 14.3 Å². The SMILES string of the molecule is COC(=O)C(O)CNC(=O)/C=C/c1csc(C)n1. The third kappa shape index (κ3) is 4.64. The number of nitrogens with one attached hydrogen (secondary N) is 1. The lowest BCUT2D eigenvalue weighted by Gasteiger charge is -2.07. The lowest BCUT2D eigenvalue weighted by Crippen LogP contribution is -2.36. The molecule has 0 aliphatic carbocycles. The smallest absolute Gasteiger partial charge is 0.336 e. The molecule has 1 amide bonds. The van der Waals surface area contributed by atoms with Crippen LogP contribution in [-0.4, -0.2) is 41.7 Å². The molecule has 0 aromatic carbocycles. The monoisotopic (exact) mass is 270 g/mol. The largest absolute Gasteiger partial charge is 0.467 e. The predicted octanol–water partition coefficient (Wildman–Crippen LogP) is 0.115. The normalized spacial score (nSPS) is 12.4. The summed E-state index contributed by atoms with van der Waals surface area (Å²) in [4.78, 5) is 26.4. The molecule has 2 N–H and O–H groups in total. The molecule has 1 atom stereocenters. The summed E-state index contributed by atoms with van der Waals surface area (Å²) in [6.45, 7) is 1.68. The quantitative estimate of drug-likeness (QED) is 0.586. The predicted molar refractivity (Wildman–Crippen MR) is 66.9 cm³/mol. The van der Waals surface area contributed by atoms with Gasteiger partial charge in [0.2, 0.25) is 5.91 Å². The van der Waals surface area contributed by atoms with E-state index in [-0.39, 0.29) is 6.54 Å². The first-order valence-corrected chi connectivity index (χ1v) is 6.05. The van der Waals surface area contributed by atoms with E-state index < -0.39 is 18.0 Å². The van der Waals surface area contributed by atoms with Crippen molar-refractivity contribution in [1.82, 2.24) is 10.3 Å². The van der Waals surface area contributed by atoms with E-state index in [0.717, 1.165) is 12.1 Å². The molecule has 1 rings (SSSR count). The maximum absolute atomic E-state index is 11.4. The van der Waals surface area contributed by atoms with Crippen molar-refractivity contribution in [2.45, 2.75) is 13.0 Å². The summed E-state index contributed by atoms with van der Waals surface area (Å²) in [5.41, 5.74) is 0.696. The molecule has 0 radical (unpaired) electrons. The summed E-state index contributed by atoms with van der Waals surface area (Å²) in [7, 11) is 1.16. The van der Waals surface area contributed by atoms with Crippen LogP contribution in [0.3, 0.4) is 0 Å². The zero-order chi connectivity index (χ0) is 13.5. The Bertz CT molecular complexity index is 456. The average Bonchev–Trinajstić information content (AvgIpc) is 2.78. The molecule has 0 aliphatic rings. The summed E-state index contributed by atoms with van der Waals surface area (Å²) in [5.74, 6) is -1.20. The molecule has 1 unspecified atom stereocenters. The Balaban J connectivity index is 2.38. The fourth-order valence-electron chi connectivity index (χ4n) is 1.09. The van der Waals surface area contributed by atoms with E-state index in [2.05, 4.69) is 15.0 Å². The molecule has 0 saturated heterocycles. The van der Waals surface area contributed by atoms with Gasteiger partial charge < -0.3 is 15.2 Å². The first-order chi connectivity index (χ1) is 8.52. The second-order valence-electron chi connectivity index (χ2n) is 3.41. The van der Waals surface area contributed by atoms with E-state index in [9.17, 15) is 14.7 Å². The minimum atomic E-state index is -1.35. The Kier molecular flexibility index (Phi) is 5.47. The van der Waals surface area contributed by atoms with Gasteiger partial charge in [0.1, 0.15) is 0 Å². The van der Waals surface area contributed by atoms with Crippen LogP contribution in [0.1, 0.15) is 10.7 Å². The molecule has 98 valence electrons. The number of amides is 1. The zero-order valence-electron chi connectivity index (χ0n) is 10.0. The molecule has 6 nitrogen and oxygen atoms in total. The average molecular weight is 270 g/mol. The van der Waals surface area contributed by atoms with E-state index in [0.29, 0.717) is 5.69 Å². The highest BCUT2D eigenvalue weighted by molar-refractivity contribution is 7.09. The van der Waals surface area contributed by atoms with Gasteiger partial charge in [0.15, 0.2) is 6.10 Å². The number of aliphatic hydroxyl groups excluding tert-OH is 1. The number of hydrogen-bond acceptors (Lipinski definition) is 6. The van der Waals surface area contributed by atoms with Gasteiger partial charge in [0.25, 0.3) is 0 Å². The molecule has 18 heavy (non-hydrogen) atoms. The van der Waals surface area contributed by atoms with Crippen LogP contribution in [0, 0.1) is 6.92 Å². The Morgan fingerprint density at radius 3 is 2.94 bits per heavy atom. The molecule has 0 bridgehead atoms. The third-order valence-electron chi connectivity index (χ3n) is 1.99. The Morgan fingerprint density at radius 2 is 2.39 bits per heavy atom. The Morgan fingerprint density at radius 1 is 1.67 bits per heavy atom. The van der Waals surface area contributed by atoms with Crippen LogP contribution in [0.15, 0.2) is 11.5 Å². The summed E-state index contributed by atoms with van der Waals surface area (Å²) in [6.07, 6.45) is 1.50. The fraction of sp³-hybridized carbons (Fsp3) is 0.364. The summed E-state index contributed by atoms with van der Waals surface area (Å²) in [5, 5.41) is 14.3. The van der Waals surface area contributed by atoms with Crippen LogP contribution < -0.4 is 5.32 Å². The highest BCUT2D eigenvalue weighted by atomic mass is 32.1. The van der Waals surface area contributed by atoms with Gasteiger partial charge in [-0.2, -0.15) is 0 Å². The van der Waals surface area contributed by atoms with E-state index in [1.165, 1.54) is 17.4 Å². The second kappa shape index (κ2) is 6.87. The topological polar surface area (TPSA) is 88.5 Å². The van der Waals surface area contributed by atoms with Crippen LogP contribution in [0.25, 0.3) is 6.08 Å². The van der Waals surface area contributed by atoms with Crippen molar-refractivity contribution in [3.05, 3.63) is 22.2 Å². The Labute approximate surface area is 108 Å². The fourth-order valence-corrected chi connectivity index (χ4v) is 1.67. The van der Waals surface area contributed by atoms with Crippen molar-refractivity contribution in [1.29, 1.82) is 0 Å². The van der Waals surface area contributed by atoms with Crippen molar-refractivity contribution in [2.24, 2.45) is 0 Å². The minimum Gasteiger partial charge on any atom is -0.467 e. The molecule has 0 spiro atoms. The van der Waals surface area contributed by atoms with Gasteiger partial charge in [-0.1, -0.05) is 0 Å². The number of esters is 1. The maximum atomic E-state index is 11.4. The van der Waals surface area contributed by atoms with Gasteiger partial charge in [0.05, 0.1) is 24.4 Å². The maximum Gasteiger partial charge on any atom is 0.336 e. The van der Waals surface area contributed by atoms with Gasteiger partial charge in [-0.3, -0.25) is 4.79 Å². The molecule has 0 saturated carbocycles. The van der Waals surface area contributed by atoms with Gasteiger partial charge >= 0.3 is 5.97 Å². The molecule has 1 aromatic heterocycles. The van der Waals surface area contributed by atoms with Gasteiger partial charge in [-0.25, -0.2) is 9.78 Å². The zero-order valence-corrected chi connectivity index (χ0v) is 10.9. The summed E-state index contributed by atoms with van der Waals surface area (Å²) < 4.78 is 4.31. The van der Waals surface area contributed by atoms with Crippen LogP contribution in [0.4, 0.5) is 0 Å². The van der Waals surface area contributed by atoms with E-state index in [1.807, 2.05) is 12.3 Å². The number of rotatable bonds is 5. The second-order valence-corrected chi connectivity index (χ2v) is 4.47. The number of aliphatic hydroxyl groups is 1. The van der Waals surface area contributed by atoms with Crippen LogP contribution in [0.2, 0.25) is 0 Å². The Hall–Kier alpha value is -1.73. The van der Waals surface area contributed by atoms with Gasteiger partial charge in [-0.05, 0) is 13.0 Å². The summed E-state index contributed by atoms with van der Waals surface area (Å²) >= 11 is 1.49. The standard InChI is InChI=1S/C11H14N2O4S/c1-7-13-8(6-18-7)3-4-10(15)12-5-9(14)11(16)17-2/h3-4,6,9,14H,5H2,1-2H3,(H,12,15)/b4-3+. The van der Waals surface area contributed by atoms with Crippen molar-refractivity contribution < 1.29 is 19.4 Å². The molecular weight excluding hydrogens is 256 g/mol. The number of carbonyl (C=O) groups excluding carboxylic acids is 2. The number of ether oxygens (including phenoxy) is 1. The number of nitrogens with zero attached hydrogens (tertiary/aromatic N) is 1. The van der Waals surface area contributed by atoms with Gasteiger partial charge in [0, 0.05) is 11.5 Å². The van der Waals surface area contributed by atoms with Crippen LogP contribution >= 0.6 is 11.3 Å². The minimum absolute atomic E-state index is 0.189. The number of aromatic nitrogens is 1. The number of thiazole rings is 1. The molecular formula is C11H14N2O4S. The number of carbonyl (C=O) groups is 2. The molecule has 1 heterocycles. The van der Waals surface area contributed by atoms with E-state index >= 15 is 0 Å². The number of aryl methyl sites for hydroxylation is 1. The van der Waals surface area contributed by atoms with Gasteiger partial charge in [-0.15, -0.1) is 11.3 Å². The van der Waals surface area contributed by atoms with Crippen molar-refractivity contribution in [3.8, 4) is 0 Å². The first kappa shape index (κ1) is 14.3. The highest BCUT2D eigenvalue weighted by Gasteiger charge is 2.15. The van der Waals surface area contributed by atoms with Crippen LogP contribution in [0.5, 0.6) is 0 Å². The summed E-state index contributed by atoms with van der Waals surface area (Å²) in [6, 6.07) is 0. The highest BCUT2D eigenvalue weighted by Crippen LogP contribution is 2.08. The molecule has 0 fully saturated rings. The molecule has 7 heteroatoms. The third-order valence-corrected chi connectivity index (χ3v) is 2.78. The lowest BCUT2D eigenvalue weighted by atomic mass is 10.3.